The van der Waals surface area contributed by atoms with Gasteiger partial charge >= 0.3 is 0 Å². The quantitative estimate of drug-likeness (QED) is 0.275. The summed E-state index contributed by atoms with van der Waals surface area (Å²) in [6.07, 6.45) is 1.53. The van der Waals surface area contributed by atoms with Gasteiger partial charge in [0.25, 0.3) is 0 Å². The van der Waals surface area contributed by atoms with E-state index < -0.39 is 18.2 Å². The Morgan fingerprint density at radius 1 is 1.15 bits per heavy atom. The molecule has 1 aromatic carbocycles. The second-order valence-corrected chi connectivity index (χ2v) is 10.1. The Kier molecular flexibility index (Phi) is 6.51. The Labute approximate surface area is 197 Å². The Hall–Kier alpha value is -2.27. The van der Waals surface area contributed by atoms with Crippen molar-refractivity contribution >= 4 is 28.7 Å². The zero-order chi connectivity index (χ0) is 22.9. The van der Waals surface area contributed by atoms with E-state index in [1.165, 1.54) is 5.56 Å². The van der Waals surface area contributed by atoms with Gasteiger partial charge in [-0.05, 0) is 43.7 Å². The largest absolute Gasteiger partial charge is 0.390 e. The number of rotatable bonds is 9. The van der Waals surface area contributed by atoms with E-state index in [1.54, 1.807) is 16.4 Å². The molecule has 10 heteroatoms. The highest BCUT2D eigenvalue weighted by Gasteiger charge is 2.44. The molecule has 2 saturated carbocycles. The molecule has 0 radical (unpaired) electrons. The van der Waals surface area contributed by atoms with Crippen molar-refractivity contribution in [1.82, 2.24) is 25.0 Å². The molecule has 176 valence electrons. The molecule has 33 heavy (non-hydrogen) atoms. The monoisotopic (exact) mass is 469 g/mol. The molecule has 3 aromatic rings. The van der Waals surface area contributed by atoms with Crippen molar-refractivity contribution in [2.45, 2.75) is 68.0 Å². The van der Waals surface area contributed by atoms with Gasteiger partial charge in [-0.3, -0.25) is 0 Å². The number of thioether (sulfide) groups is 1. The van der Waals surface area contributed by atoms with Crippen LogP contribution >= 0.6 is 11.8 Å². The van der Waals surface area contributed by atoms with E-state index >= 15 is 0 Å². The number of nitrogens with two attached hydrogens (primary N) is 1. The predicted octanol–water partition coefficient (Wildman–Crippen LogP) is 2.32. The van der Waals surface area contributed by atoms with Gasteiger partial charge in [-0.25, -0.2) is 14.6 Å². The van der Waals surface area contributed by atoms with Crippen molar-refractivity contribution in [3.63, 3.8) is 0 Å². The second kappa shape index (κ2) is 9.54. The molecule has 2 aliphatic rings. The smallest absolute Gasteiger partial charge is 0.191 e. The first-order valence-corrected chi connectivity index (χ1v) is 12.7. The molecule has 5 rings (SSSR count). The molecule has 5 N–H and O–H groups in total. The normalized spacial score (nSPS) is 29.0. The molecule has 2 fully saturated rings. The standard InChI is InChI=1S/C23H31N7O2S/c1-2-10-33-23-26-21(25-16-12-15(16)13-6-4-3-5-7-13)18-22(27-23)30(29-28-18)17-11-14(8-9-24)19(31)20(17)32/h3-7,14-17,19-20,31-32H,2,8-12,24H2,1H3,(H,25,26,27). The van der Waals surface area contributed by atoms with E-state index in [0.717, 1.165) is 18.6 Å². The van der Waals surface area contributed by atoms with E-state index in [2.05, 4.69) is 46.8 Å². The molecule has 0 spiro atoms. The van der Waals surface area contributed by atoms with Crippen LogP contribution < -0.4 is 11.1 Å². The third-order valence-corrected chi connectivity index (χ3v) is 7.75. The zero-order valence-corrected chi connectivity index (χ0v) is 19.5. The van der Waals surface area contributed by atoms with Crippen LogP contribution in [0.3, 0.4) is 0 Å². The Morgan fingerprint density at radius 2 is 1.97 bits per heavy atom. The van der Waals surface area contributed by atoms with Gasteiger partial charge in [0.2, 0.25) is 0 Å². The fourth-order valence-corrected chi connectivity index (χ4v) is 5.53. The van der Waals surface area contributed by atoms with Crippen LogP contribution in [0.5, 0.6) is 0 Å². The molecule has 0 amide bonds. The maximum Gasteiger partial charge on any atom is 0.191 e. The summed E-state index contributed by atoms with van der Waals surface area (Å²) in [5, 5.41) is 34.2. The Morgan fingerprint density at radius 3 is 2.73 bits per heavy atom. The van der Waals surface area contributed by atoms with Crippen LogP contribution in [0, 0.1) is 5.92 Å². The van der Waals surface area contributed by atoms with Crippen LogP contribution in [0.25, 0.3) is 11.2 Å². The average molecular weight is 470 g/mol. The van der Waals surface area contributed by atoms with Crippen LogP contribution in [-0.4, -0.2) is 65.7 Å². The maximum absolute atomic E-state index is 10.7. The van der Waals surface area contributed by atoms with Crippen LogP contribution in [0.1, 0.15) is 50.1 Å². The van der Waals surface area contributed by atoms with Gasteiger partial charge in [-0.2, -0.15) is 0 Å². The minimum Gasteiger partial charge on any atom is -0.390 e. The topological polar surface area (TPSA) is 135 Å². The summed E-state index contributed by atoms with van der Waals surface area (Å²) in [6, 6.07) is 10.4. The van der Waals surface area contributed by atoms with Gasteiger partial charge in [0.1, 0.15) is 6.10 Å². The summed E-state index contributed by atoms with van der Waals surface area (Å²) >= 11 is 1.60. The maximum atomic E-state index is 10.7. The van der Waals surface area contributed by atoms with E-state index in [0.29, 0.717) is 47.4 Å². The van der Waals surface area contributed by atoms with Crippen molar-refractivity contribution in [2.75, 3.05) is 17.6 Å². The van der Waals surface area contributed by atoms with Crippen molar-refractivity contribution in [3.8, 4) is 0 Å². The van der Waals surface area contributed by atoms with E-state index in [-0.39, 0.29) is 12.0 Å². The van der Waals surface area contributed by atoms with Gasteiger partial charge in [0.15, 0.2) is 22.1 Å². The molecule has 2 aromatic heterocycles. The highest BCUT2D eigenvalue weighted by atomic mass is 32.2. The molecule has 2 heterocycles. The lowest BCUT2D eigenvalue weighted by Gasteiger charge is -2.17. The SMILES string of the molecule is CCCSc1nc(NC2CC2c2ccccc2)c2nnn(C3CC(CCN)C(O)C3O)c2n1. The third kappa shape index (κ3) is 4.44. The second-order valence-electron chi connectivity index (χ2n) is 9.03. The van der Waals surface area contributed by atoms with Gasteiger partial charge in [0.05, 0.1) is 12.1 Å². The highest BCUT2D eigenvalue weighted by Crippen LogP contribution is 2.44. The van der Waals surface area contributed by atoms with E-state index in [4.69, 9.17) is 15.7 Å². The highest BCUT2D eigenvalue weighted by molar-refractivity contribution is 7.99. The van der Waals surface area contributed by atoms with Gasteiger partial charge in [-0.1, -0.05) is 54.2 Å². The van der Waals surface area contributed by atoms with E-state index in [1.807, 2.05) is 6.07 Å². The minimum absolute atomic E-state index is 0.0688. The first kappa shape index (κ1) is 22.5. The molecule has 0 aliphatic heterocycles. The van der Waals surface area contributed by atoms with Gasteiger partial charge in [-0.15, -0.1) is 5.10 Å². The molecule has 6 unspecified atom stereocenters. The summed E-state index contributed by atoms with van der Waals surface area (Å²) < 4.78 is 1.67. The van der Waals surface area contributed by atoms with Crippen molar-refractivity contribution in [1.29, 1.82) is 0 Å². The number of nitrogens with one attached hydrogen (secondary N) is 1. The summed E-state index contributed by atoms with van der Waals surface area (Å²) in [7, 11) is 0. The molecule has 0 saturated heterocycles. The summed E-state index contributed by atoms with van der Waals surface area (Å²) in [5.41, 5.74) is 8.21. The lowest BCUT2D eigenvalue weighted by atomic mass is 10.0. The molecule has 0 bridgehead atoms. The number of nitrogens with zero attached hydrogens (tertiary/aromatic N) is 5. The number of hydrogen-bond acceptors (Lipinski definition) is 9. The summed E-state index contributed by atoms with van der Waals surface area (Å²) in [6.45, 7) is 2.59. The predicted molar refractivity (Wildman–Crippen MR) is 128 cm³/mol. The summed E-state index contributed by atoms with van der Waals surface area (Å²) in [4.78, 5) is 9.51. The van der Waals surface area contributed by atoms with Crippen molar-refractivity contribution in [3.05, 3.63) is 35.9 Å². The zero-order valence-electron chi connectivity index (χ0n) is 18.7. The number of aliphatic hydroxyl groups excluding tert-OH is 2. The van der Waals surface area contributed by atoms with Crippen molar-refractivity contribution < 1.29 is 10.2 Å². The van der Waals surface area contributed by atoms with Gasteiger partial charge < -0.3 is 21.3 Å². The number of fused-ring (bicyclic) bond motifs is 1. The van der Waals surface area contributed by atoms with Crippen LogP contribution in [0.15, 0.2) is 35.5 Å². The number of benzene rings is 1. The lowest BCUT2D eigenvalue weighted by Crippen LogP contribution is -2.30. The first-order chi connectivity index (χ1) is 16.1. The lowest BCUT2D eigenvalue weighted by molar-refractivity contribution is 0.00392. The van der Waals surface area contributed by atoms with Crippen LogP contribution in [0.4, 0.5) is 5.82 Å². The fourth-order valence-electron chi connectivity index (χ4n) is 4.83. The van der Waals surface area contributed by atoms with Gasteiger partial charge in [0, 0.05) is 17.7 Å². The molecule has 9 nitrogen and oxygen atoms in total. The number of hydrogen-bond donors (Lipinski definition) is 4. The Balaban J connectivity index is 1.45. The fraction of sp³-hybridized carbons (Fsp3) is 0.565. The minimum atomic E-state index is -0.935. The molecular formula is C23H31N7O2S. The van der Waals surface area contributed by atoms with Crippen LogP contribution in [-0.2, 0) is 0 Å². The first-order valence-electron chi connectivity index (χ1n) is 11.7. The third-order valence-electron chi connectivity index (χ3n) is 6.70. The van der Waals surface area contributed by atoms with E-state index in [9.17, 15) is 10.2 Å². The van der Waals surface area contributed by atoms with Crippen LogP contribution in [0.2, 0.25) is 0 Å². The summed E-state index contributed by atoms with van der Waals surface area (Å²) in [5.74, 6) is 1.97. The average Bonchev–Trinajstić information content (AvgIpc) is 3.39. The number of anilines is 1. The van der Waals surface area contributed by atoms with Crippen molar-refractivity contribution in [2.24, 2.45) is 11.7 Å². The Bertz CT molecular complexity index is 1100. The number of aromatic nitrogens is 5. The molecular weight excluding hydrogens is 438 g/mol. The molecule has 6 atom stereocenters. The molecule has 2 aliphatic carbocycles. The number of aliphatic hydroxyl groups is 2.